The standard InChI is InChI=1S/C23H31NO2/c1-2-3-4-5-6-17-7-8-19-14-20(10-9-18(19)13-17)21-11-12-23(15-21)16-26-22(25)24-23/h5-6,9-10,14,17,21H,2-4,7-8,11-13,15-16H2,1H3,(H,24,25)/t17-,21+,23-/m1/s1. The summed E-state index contributed by atoms with van der Waals surface area (Å²) in [7, 11) is 0. The van der Waals surface area contributed by atoms with E-state index in [4.69, 9.17) is 4.74 Å². The zero-order chi connectivity index (χ0) is 18.0. The van der Waals surface area contributed by atoms with Gasteiger partial charge in [-0.1, -0.05) is 50.1 Å². The minimum absolute atomic E-state index is 0.105. The van der Waals surface area contributed by atoms with Gasteiger partial charge in [-0.15, -0.1) is 0 Å². The number of unbranched alkanes of at least 4 members (excludes halogenated alkanes) is 2. The van der Waals surface area contributed by atoms with E-state index >= 15 is 0 Å². The second-order valence-electron chi connectivity index (χ2n) is 8.52. The maximum absolute atomic E-state index is 11.4. The maximum atomic E-state index is 11.4. The molecule has 1 N–H and O–H groups in total. The first kappa shape index (κ1) is 17.6. The minimum atomic E-state index is -0.242. The van der Waals surface area contributed by atoms with Gasteiger partial charge in [0.05, 0.1) is 5.54 Å². The van der Waals surface area contributed by atoms with E-state index in [0.29, 0.717) is 18.4 Å². The molecule has 1 amide bonds. The van der Waals surface area contributed by atoms with Gasteiger partial charge in [0.1, 0.15) is 6.61 Å². The van der Waals surface area contributed by atoms with Crippen molar-refractivity contribution >= 4 is 6.09 Å². The highest BCUT2D eigenvalue weighted by Crippen LogP contribution is 2.43. The van der Waals surface area contributed by atoms with Crippen molar-refractivity contribution in [3.63, 3.8) is 0 Å². The Morgan fingerprint density at radius 2 is 2.23 bits per heavy atom. The van der Waals surface area contributed by atoms with Crippen LogP contribution in [0.2, 0.25) is 0 Å². The molecule has 3 nitrogen and oxygen atoms in total. The van der Waals surface area contributed by atoms with E-state index in [-0.39, 0.29) is 11.6 Å². The van der Waals surface area contributed by atoms with Crippen LogP contribution in [-0.2, 0) is 17.6 Å². The number of alkyl carbamates (subject to hydrolysis) is 1. The number of rotatable bonds is 5. The molecule has 1 heterocycles. The van der Waals surface area contributed by atoms with Gasteiger partial charge in [0, 0.05) is 0 Å². The fourth-order valence-corrected chi connectivity index (χ4v) is 4.98. The van der Waals surface area contributed by atoms with Crippen LogP contribution in [0.3, 0.4) is 0 Å². The van der Waals surface area contributed by atoms with Crippen molar-refractivity contribution in [2.24, 2.45) is 5.92 Å². The molecule has 0 bridgehead atoms. The molecule has 140 valence electrons. The second kappa shape index (κ2) is 7.46. The zero-order valence-corrected chi connectivity index (χ0v) is 15.9. The molecule has 3 atom stereocenters. The Morgan fingerprint density at radius 3 is 3.04 bits per heavy atom. The summed E-state index contributed by atoms with van der Waals surface area (Å²) in [6.07, 6.45) is 15.3. The van der Waals surface area contributed by atoms with Crippen molar-refractivity contribution < 1.29 is 9.53 Å². The molecule has 1 aromatic carbocycles. The van der Waals surface area contributed by atoms with Crippen molar-refractivity contribution in [3.8, 4) is 0 Å². The fourth-order valence-electron chi connectivity index (χ4n) is 4.98. The van der Waals surface area contributed by atoms with Gasteiger partial charge in [-0.2, -0.15) is 0 Å². The smallest absolute Gasteiger partial charge is 0.407 e. The Kier molecular flexibility index (Phi) is 5.06. The van der Waals surface area contributed by atoms with Crippen molar-refractivity contribution in [2.75, 3.05) is 6.61 Å². The molecular formula is C23H31NO2. The van der Waals surface area contributed by atoms with Gasteiger partial charge in [-0.25, -0.2) is 4.79 Å². The number of hydrogen-bond acceptors (Lipinski definition) is 2. The second-order valence-corrected chi connectivity index (χ2v) is 8.52. The SMILES string of the molecule is CCCCC=C[C@@H]1CCc2cc([C@H]3CC[C@]4(COC(=O)N4)C3)ccc2C1. The van der Waals surface area contributed by atoms with E-state index < -0.39 is 0 Å². The molecule has 2 aliphatic carbocycles. The highest BCUT2D eigenvalue weighted by atomic mass is 16.6. The number of amides is 1. The summed E-state index contributed by atoms with van der Waals surface area (Å²) < 4.78 is 5.17. The third-order valence-electron chi connectivity index (χ3n) is 6.56. The number of cyclic esters (lactones) is 1. The molecule has 3 heteroatoms. The summed E-state index contributed by atoms with van der Waals surface area (Å²) in [6.45, 7) is 2.79. The van der Waals surface area contributed by atoms with Crippen LogP contribution in [-0.4, -0.2) is 18.2 Å². The maximum Gasteiger partial charge on any atom is 0.407 e. The van der Waals surface area contributed by atoms with Crippen molar-refractivity contribution in [2.45, 2.75) is 76.2 Å². The number of hydrogen-bond donors (Lipinski definition) is 1. The quantitative estimate of drug-likeness (QED) is 0.577. The Hall–Kier alpha value is -1.77. The van der Waals surface area contributed by atoms with E-state index in [9.17, 15) is 4.79 Å². The predicted octanol–water partition coefficient (Wildman–Crippen LogP) is 5.28. The summed E-state index contributed by atoms with van der Waals surface area (Å²) in [6, 6.07) is 7.16. The Labute approximate surface area is 157 Å². The molecule has 1 saturated heterocycles. The lowest BCUT2D eigenvalue weighted by Crippen LogP contribution is -2.40. The molecule has 0 radical (unpaired) electrons. The van der Waals surface area contributed by atoms with Crippen molar-refractivity contribution in [1.29, 1.82) is 0 Å². The van der Waals surface area contributed by atoms with Crippen LogP contribution in [0.15, 0.2) is 30.4 Å². The summed E-state index contributed by atoms with van der Waals surface area (Å²) in [5.41, 5.74) is 4.44. The number of nitrogens with one attached hydrogen (secondary N) is 1. The van der Waals surface area contributed by atoms with Crippen LogP contribution >= 0.6 is 0 Å². The molecule has 1 saturated carbocycles. The van der Waals surface area contributed by atoms with E-state index in [2.05, 4.69) is 42.6 Å². The van der Waals surface area contributed by atoms with Gasteiger partial charge in [0.2, 0.25) is 0 Å². The molecule has 1 aromatic rings. The number of allylic oxidation sites excluding steroid dienone is 2. The average molecular weight is 354 g/mol. The topological polar surface area (TPSA) is 38.3 Å². The molecule has 1 spiro atoms. The Bertz CT molecular complexity index is 695. The van der Waals surface area contributed by atoms with Gasteiger partial charge in [-0.3, -0.25) is 0 Å². The summed E-state index contributed by atoms with van der Waals surface area (Å²) in [5, 5.41) is 3.06. The first-order valence-electron chi connectivity index (χ1n) is 10.4. The highest BCUT2D eigenvalue weighted by molar-refractivity contribution is 5.70. The van der Waals surface area contributed by atoms with E-state index in [1.165, 1.54) is 49.7 Å². The third kappa shape index (κ3) is 3.67. The third-order valence-corrected chi connectivity index (χ3v) is 6.56. The van der Waals surface area contributed by atoms with E-state index in [1.54, 1.807) is 5.56 Å². The average Bonchev–Trinajstić information content (AvgIpc) is 3.24. The number of carbonyl (C=O) groups excluding carboxylic acids is 1. The molecule has 26 heavy (non-hydrogen) atoms. The monoisotopic (exact) mass is 353 g/mol. The first-order chi connectivity index (χ1) is 12.7. The van der Waals surface area contributed by atoms with Crippen LogP contribution in [0.4, 0.5) is 4.79 Å². The molecule has 0 unspecified atom stereocenters. The fraction of sp³-hybridized carbons (Fsp3) is 0.609. The largest absolute Gasteiger partial charge is 0.447 e. The van der Waals surface area contributed by atoms with Gasteiger partial charge in [0.15, 0.2) is 0 Å². The van der Waals surface area contributed by atoms with E-state index in [0.717, 1.165) is 19.3 Å². The van der Waals surface area contributed by atoms with Crippen LogP contribution in [0.1, 0.15) is 74.5 Å². The van der Waals surface area contributed by atoms with Crippen molar-refractivity contribution in [1.82, 2.24) is 5.32 Å². The number of benzene rings is 1. The minimum Gasteiger partial charge on any atom is -0.447 e. The Balaban J connectivity index is 1.40. The van der Waals surface area contributed by atoms with Gasteiger partial charge in [-0.05, 0) is 73.5 Å². The summed E-state index contributed by atoms with van der Waals surface area (Å²) in [4.78, 5) is 11.4. The van der Waals surface area contributed by atoms with Crippen LogP contribution < -0.4 is 5.32 Å². The lowest BCUT2D eigenvalue weighted by molar-refractivity contribution is 0.172. The summed E-state index contributed by atoms with van der Waals surface area (Å²) >= 11 is 0. The van der Waals surface area contributed by atoms with Gasteiger partial charge < -0.3 is 10.1 Å². The molecule has 4 rings (SSSR count). The Morgan fingerprint density at radius 1 is 1.31 bits per heavy atom. The lowest BCUT2D eigenvalue weighted by atomic mass is 9.81. The molecule has 0 aromatic heterocycles. The van der Waals surface area contributed by atoms with Crippen LogP contribution in [0.25, 0.3) is 0 Å². The number of carbonyl (C=O) groups is 1. The molecular weight excluding hydrogens is 322 g/mol. The van der Waals surface area contributed by atoms with Crippen LogP contribution in [0, 0.1) is 5.92 Å². The van der Waals surface area contributed by atoms with E-state index in [1.807, 2.05) is 0 Å². The van der Waals surface area contributed by atoms with Gasteiger partial charge in [0.25, 0.3) is 0 Å². The van der Waals surface area contributed by atoms with Crippen molar-refractivity contribution in [3.05, 3.63) is 47.0 Å². The number of fused-ring (bicyclic) bond motifs is 1. The summed E-state index contributed by atoms with van der Waals surface area (Å²) in [5.74, 6) is 1.26. The lowest BCUT2D eigenvalue weighted by Gasteiger charge is -2.24. The number of ether oxygens (including phenoxy) is 1. The molecule has 1 aliphatic heterocycles. The first-order valence-corrected chi connectivity index (χ1v) is 10.4. The molecule has 3 aliphatic rings. The highest BCUT2D eigenvalue weighted by Gasteiger charge is 2.46. The molecule has 2 fully saturated rings. The van der Waals surface area contributed by atoms with Gasteiger partial charge >= 0.3 is 6.09 Å². The van der Waals surface area contributed by atoms with Crippen LogP contribution in [0.5, 0.6) is 0 Å². The number of aryl methyl sites for hydroxylation is 1. The zero-order valence-electron chi connectivity index (χ0n) is 15.9. The predicted molar refractivity (Wildman–Crippen MR) is 104 cm³/mol. The normalized spacial score (nSPS) is 30.6.